The number of hydrogen-bond donors (Lipinski definition) is 1. The summed E-state index contributed by atoms with van der Waals surface area (Å²) >= 11 is 4.98. The van der Waals surface area contributed by atoms with Crippen LogP contribution in [-0.2, 0) is 0 Å². The van der Waals surface area contributed by atoms with Crippen LogP contribution in [0.5, 0.6) is 0 Å². The highest BCUT2D eigenvalue weighted by atomic mass is 79.9. The predicted octanol–water partition coefficient (Wildman–Crippen LogP) is 3.01. The fourth-order valence-electron chi connectivity index (χ4n) is 1.37. The van der Waals surface area contributed by atoms with Gasteiger partial charge >= 0.3 is 0 Å². The van der Waals surface area contributed by atoms with Gasteiger partial charge in [-0.1, -0.05) is 12.1 Å². The van der Waals surface area contributed by atoms with Crippen molar-refractivity contribution in [2.75, 3.05) is 6.54 Å². The molecule has 0 amide bonds. The summed E-state index contributed by atoms with van der Waals surface area (Å²) < 4.78 is 6.25. The molecule has 86 valence electrons. The van der Waals surface area contributed by atoms with Crippen molar-refractivity contribution in [1.29, 1.82) is 0 Å². The van der Waals surface area contributed by atoms with E-state index in [0.29, 0.717) is 18.3 Å². The van der Waals surface area contributed by atoms with Crippen molar-refractivity contribution < 1.29 is 4.52 Å². The molecule has 0 bridgehead atoms. The zero-order valence-electron chi connectivity index (χ0n) is 8.81. The van der Waals surface area contributed by atoms with E-state index >= 15 is 0 Å². The van der Waals surface area contributed by atoms with Gasteiger partial charge in [-0.3, -0.25) is 0 Å². The number of aromatic nitrogens is 2. The molecule has 1 atom stereocenters. The third-order valence-electron chi connectivity index (χ3n) is 2.36. The maximum Gasteiger partial charge on any atom is 0.231 e. The van der Waals surface area contributed by atoms with Gasteiger partial charge in [0.1, 0.15) is 0 Å². The summed E-state index contributed by atoms with van der Waals surface area (Å²) in [5.74, 6) is 1.42. The Balaban J connectivity index is 2.25. The van der Waals surface area contributed by atoms with Crippen molar-refractivity contribution in [2.24, 2.45) is 5.73 Å². The van der Waals surface area contributed by atoms with Gasteiger partial charge in [0.25, 0.3) is 0 Å². The first-order valence-electron chi connectivity index (χ1n) is 5.02. The summed E-state index contributed by atoms with van der Waals surface area (Å²) in [4.78, 5) is 5.36. The highest BCUT2D eigenvalue weighted by Gasteiger charge is 2.17. The molecule has 0 aromatic carbocycles. The van der Waals surface area contributed by atoms with Crippen LogP contribution in [0.15, 0.2) is 20.4 Å². The van der Waals surface area contributed by atoms with Crippen molar-refractivity contribution in [3.05, 3.63) is 21.8 Å². The first kappa shape index (κ1) is 11.8. The van der Waals surface area contributed by atoms with E-state index in [-0.39, 0.29) is 5.92 Å². The summed E-state index contributed by atoms with van der Waals surface area (Å²) in [7, 11) is 0. The molecule has 0 radical (unpaired) electrons. The maximum absolute atomic E-state index is 5.63. The first-order chi connectivity index (χ1) is 7.74. The molecule has 2 aromatic rings. The van der Waals surface area contributed by atoms with E-state index in [9.17, 15) is 0 Å². The van der Waals surface area contributed by atoms with Crippen LogP contribution in [0.1, 0.15) is 25.2 Å². The van der Waals surface area contributed by atoms with Crippen LogP contribution in [0.25, 0.3) is 10.7 Å². The number of thiophene rings is 1. The summed E-state index contributed by atoms with van der Waals surface area (Å²) in [5.41, 5.74) is 5.63. The first-order valence-corrected chi connectivity index (χ1v) is 6.70. The Labute approximate surface area is 106 Å². The largest absolute Gasteiger partial charge is 0.339 e. The second-order valence-electron chi connectivity index (χ2n) is 3.43. The molecule has 6 heteroatoms. The molecule has 0 aliphatic rings. The topological polar surface area (TPSA) is 64.9 Å². The normalized spacial score (nSPS) is 12.9. The number of nitrogens with two attached hydrogens (primary N) is 1. The lowest BCUT2D eigenvalue weighted by Crippen LogP contribution is -2.11. The van der Waals surface area contributed by atoms with Crippen molar-refractivity contribution in [3.63, 3.8) is 0 Å². The highest BCUT2D eigenvalue weighted by Crippen LogP contribution is 2.29. The smallest absolute Gasteiger partial charge is 0.231 e. The van der Waals surface area contributed by atoms with Crippen LogP contribution in [0.4, 0.5) is 0 Å². The SMILES string of the molecule is CCC(CN)c1nc(-c2cc(Br)cs2)no1. The molecule has 2 rings (SSSR count). The lowest BCUT2D eigenvalue weighted by Gasteiger charge is -2.03. The zero-order valence-corrected chi connectivity index (χ0v) is 11.2. The second-order valence-corrected chi connectivity index (χ2v) is 5.25. The Kier molecular flexibility index (Phi) is 3.73. The molecule has 4 nitrogen and oxygen atoms in total. The van der Waals surface area contributed by atoms with Crippen LogP contribution in [-0.4, -0.2) is 16.7 Å². The van der Waals surface area contributed by atoms with Crippen LogP contribution in [0.2, 0.25) is 0 Å². The summed E-state index contributed by atoms with van der Waals surface area (Å²) in [6.07, 6.45) is 0.909. The molecule has 0 saturated carbocycles. The Morgan fingerprint density at radius 1 is 1.62 bits per heavy atom. The molecule has 0 aliphatic carbocycles. The van der Waals surface area contributed by atoms with Crippen LogP contribution < -0.4 is 5.73 Å². The average Bonchev–Trinajstić information content (AvgIpc) is 2.89. The second kappa shape index (κ2) is 5.07. The maximum atomic E-state index is 5.63. The van der Waals surface area contributed by atoms with Crippen molar-refractivity contribution in [2.45, 2.75) is 19.3 Å². The van der Waals surface area contributed by atoms with Gasteiger partial charge in [0, 0.05) is 16.4 Å². The fraction of sp³-hybridized carbons (Fsp3) is 0.400. The molecule has 16 heavy (non-hydrogen) atoms. The number of hydrogen-bond acceptors (Lipinski definition) is 5. The molecule has 0 aliphatic heterocycles. The van der Waals surface area contributed by atoms with Crippen LogP contribution in [0.3, 0.4) is 0 Å². The molecule has 2 heterocycles. The quantitative estimate of drug-likeness (QED) is 0.943. The van der Waals surface area contributed by atoms with Gasteiger partial charge in [-0.25, -0.2) is 0 Å². The Bertz CT molecular complexity index is 464. The van der Waals surface area contributed by atoms with E-state index in [0.717, 1.165) is 15.8 Å². The van der Waals surface area contributed by atoms with Crippen molar-refractivity contribution in [1.82, 2.24) is 10.1 Å². The van der Waals surface area contributed by atoms with E-state index in [1.165, 1.54) is 0 Å². The van der Waals surface area contributed by atoms with Gasteiger partial charge in [-0.2, -0.15) is 4.98 Å². The summed E-state index contributed by atoms with van der Waals surface area (Å²) in [5, 5.41) is 5.96. The minimum absolute atomic E-state index is 0.157. The van der Waals surface area contributed by atoms with Gasteiger partial charge in [-0.15, -0.1) is 11.3 Å². The fourth-order valence-corrected chi connectivity index (χ4v) is 2.73. The molecule has 0 saturated heterocycles. The Morgan fingerprint density at radius 2 is 2.44 bits per heavy atom. The standard InChI is InChI=1S/C10H12BrN3OS/c1-2-6(4-12)10-13-9(14-15-10)8-3-7(11)5-16-8/h3,5-6H,2,4,12H2,1H3. The molecule has 0 spiro atoms. The number of nitrogens with zero attached hydrogens (tertiary/aromatic N) is 2. The zero-order chi connectivity index (χ0) is 11.5. The average molecular weight is 302 g/mol. The highest BCUT2D eigenvalue weighted by molar-refractivity contribution is 9.10. The molecule has 2 N–H and O–H groups in total. The van der Waals surface area contributed by atoms with Gasteiger partial charge < -0.3 is 10.3 Å². The van der Waals surface area contributed by atoms with Crippen molar-refractivity contribution >= 4 is 27.3 Å². The van der Waals surface area contributed by atoms with Crippen LogP contribution in [0, 0.1) is 0 Å². The molecular formula is C10H12BrN3OS. The third kappa shape index (κ3) is 2.34. The summed E-state index contributed by atoms with van der Waals surface area (Å²) in [6, 6.07) is 1.97. The molecule has 1 unspecified atom stereocenters. The minimum Gasteiger partial charge on any atom is -0.339 e. The van der Waals surface area contributed by atoms with E-state index in [1.807, 2.05) is 11.4 Å². The lowest BCUT2D eigenvalue weighted by molar-refractivity contribution is 0.352. The van der Waals surface area contributed by atoms with Gasteiger partial charge in [0.15, 0.2) is 0 Å². The van der Waals surface area contributed by atoms with Gasteiger partial charge in [-0.05, 0) is 28.4 Å². The van der Waals surface area contributed by atoms with E-state index in [2.05, 4.69) is 33.0 Å². The number of halogens is 1. The Hall–Kier alpha value is -0.720. The van der Waals surface area contributed by atoms with E-state index in [1.54, 1.807) is 11.3 Å². The lowest BCUT2D eigenvalue weighted by atomic mass is 10.1. The van der Waals surface area contributed by atoms with E-state index < -0.39 is 0 Å². The monoisotopic (exact) mass is 301 g/mol. The third-order valence-corrected chi connectivity index (χ3v) is 4.04. The predicted molar refractivity (Wildman–Crippen MR) is 67.4 cm³/mol. The molecule has 2 aromatic heterocycles. The van der Waals surface area contributed by atoms with E-state index in [4.69, 9.17) is 10.3 Å². The van der Waals surface area contributed by atoms with Crippen molar-refractivity contribution in [3.8, 4) is 10.7 Å². The minimum atomic E-state index is 0.157. The van der Waals surface area contributed by atoms with Gasteiger partial charge in [0.05, 0.1) is 10.8 Å². The Morgan fingerprint density at radius 3 is 3.00 bits per heavy atom. The summed E-state index contributed by atoms with van der Waals surface area (Å²) in [6.45, 7) is 2.59. The number of rotatable bonds is 4. The molecular weight excluding hydrogens is 290 g/mol. The van der Waals surface area contributed by atoms with Crippen LogP contribution >= 0.6 is 27.3 Å². The van der Waals surface area contributed by atoms with Gasteiger partial charge in [0.2, 0.25) is 11.7 Å². The molecule has 0 fully saturated rings.